The second-order valence-electron chi connectivity index (χ2n) is 7.55. The molecular weight excluding hydrogens is 372 g/mol. The summed E-state index contributed by atoms with van der Waals surface area (Å²) in [6.07, 6.45) is 11.7. The number of barbiturate groups is 1. The van der Waals surface area contributed by atoms with Gasteiger partial charge in [-0.15, -0.1) is 0 Å². The molecule has 2 N–H and O–H groups in total. The van der Waals surface area contributed by atoms with Crippen LogP contribution in [0.15, 0.2) is 23.8 Å². The van der Waals surface area contributed by atoms with Crippen molar-refractivity contribution in [3.05, 3.63) is 29.3 Å². The quantitative estimate of drug-likeness (QED) is 0.395. The molecule has 0 spiro atoms. The average molecular weight is 400 g/mol. The van der Waals surface area contributed by atoms with Crippen molar-refractivity contribution in [2.24, 2.45) is 5.92 Å². The van der Waals surface area contributed by atoms with Crippen LogP contribution in [0.5, 0.6) is 11.5 Å². The van der Waals surface area contributed by atoms with Gasteiger partial charge in [-0.1, -0.05) is 44.6 Å². The molecule has 29 heavy (non-hydrogen) atoms. The largest absolute Gasteiger partial charge is 0.493 e. The Morgan fingerprint density at radius 3 is 2.41 bits per heavy atom. The smallest absolute Gasteiger partial charge is 0.328 e. The van der Waals surface area contributed by atoms with E-state index in [9.17, 15) is 14.4 Å². The van der Waals surface area contributed by atoms with Gasteiger partial charge in [0, 0.05) is 0 Å². The van der Waals surface area contributed by atoms with Crippen molar-refractivity contribution in [1.82, 2.24) is 10.6 Å². The third kappa shape index (κ3) is 5.82. The zero-order valence-electron chi connectivity index (χ0n) is 16.8. The first kappa shape index (κ1) is 20.9. The first-order valence-electron chi connectivity index (χ1n) is 10.3. The zero-order chi connectivity index (χ0) is 20.6. The fourth-order valence-electron chi connectivity index (χ4n) is 3.86. The summed E-state index contributed by atoms with van der Waals surface area (Å²) in [5.41, 5.74) is 0.462. The molecular formula is C22H28N2O5. The minimum atomic E-state index is -0.818. The summed E-state index contributed by atoms with van der Waals surface area (Å²) < 4.78 is 11.3. The van der Waals surface area contributed by atoms with Crippen LogP contribution in [-0.4, -0.2) is 31.6 Å². The predicted octanol–water partition coefficient (Wildman–Crippen LogP) is 3.57. The van der Waals surface area contributed by atoms with Gasteiger partial charge in [-0.3, -0.25) is 20.2 Å². The molecule has 1 aromatic carbocycles. The third-order valence-electron chi connectivity index (χ3n) is 5.43. The number of ether oxygens (including phenoxy) is 2. The molecule has 0 atom stereocenters. The van der Waals surface area contributed by atoms with E-state index in [1.807, 2.05) is 10.6 Å². The van der Waals surface area contributed by atoms with Gasteiger partial charge >= 0.3 is 6.03 Å². The van der Waals surface area contributed by atoms with Gasteiger partial charge in [0.15, 0.2) is 11.5 Å². The van der Waals surface area contributed by atoms with E-state index in [0.717, 1.165) is 12.3 Å². The molecule has 0 radical (unpaired) electrons. The van der Waals surface area contributed by atoms with Gasteiger partial charge in [0.2, 0.25) is 0 Å². The highest BCUT2D eigenvalue weighted by molar-refractivity contribution is 6.31. The lowest BCUT2D eigenvalue weighted by Gasteiger charge is -2.21. The van der Waals surface area contributed by atoms with Crippen LogP contribution in [0, 0.1) is 5.92 Å². The highest BCUT2D eigenvalue weighted by Gasteiger charge is 2.27. The lowest BCUT2D eigenvalue weighted by atomic mass is 9.86. The highest BCUT2D eigenvalue weighted by Crippen LogP contribution is 2.30. The number of benzene rings is 1. The number of hydrogen-bond acceptors (Lipinski definition) is 5. The Morgan fingerprint density at radius 1 is 1.00 bits per heavy atom. The topological polar surface area (TPSA) is 93.7 Å². The molecule has 0 unspecified atom stereocenters. The molecule has 2 aliphatic rings. The number of amides is 4. The van der Waals surface area contributed by atoms with Crippen molar-refractivity contribution in [1.29, 1.82) is 0 Å². The molecule has 0 bridgehead atoms. The number of hydrogen-bond donors (Lipinski definition) is 2. The van der Waals surface area contributed by atoms with Gasteiger partial charge < -0.3 is 9.47 Å². The van der Waals surface area contributed by atoms with Crippen molar-refractivity contribution < 1.29 is 23.9 Å². The molecule has 2 fully saturated rings. The summed E-state index contributed by atoms with van der Waals surface area (Å²) in [5.74, 6) is 0.585. The number of methoxy groups -OCH3 is 1. The van der Waals surface area contributed by atoms with Gasteiger partial charge in [-0.05, 0) is 42.5 Å². The van der Waals surface area contributed by atoms with Crippen molar-refractivity contribution in [3.8, 4) is 11.5 Å². The van der Waals surface area contributed by atoms with Crippen molar-refractivity contribution >= 4 is 23.9 Å². The number of rotatable bonds is 8. The number of imide groups is 2. The monoisotopic (exact) mass is 400 g/mol. The fraction of sp³-hybridized carbons (Fsp3) is 0.500. The molecule has 1 saturated heterocycles. The second-order valence-corrected chi connectivity index (χ2v) is 7.55. The summed E-state index contributed by atoms with van der Waals surface area (Å²) in [4.78, 5) is 34.8. The van der Waals surface area contributed by atoms with Gasteiger partial charge in [-0.2, -0.15) is 0 Å². The first-order valence-corrected chi connectivity index (χ1v) is 10.3. The normalized spacial score (nSPS) is 17.6. The van der Waals surface area contributed by atoms with Crippen LogP contribution in [-0.2, 0) is 9.59 Å². The molecule has 1 aromatic rings. The summed E-state index contributed by atoms with van der Waals surface area (Å²) in [6.45, 7) is 0.621. The number of nitrogens with one attached hydrogen (secondary N) is 2. The SMILES string of the molecule is COc1cc(C=C2C(=O)NC(=O)NC2=O)ccc1OCCCCC1CCCCC1. The zero-order valence-corrected chi connectivity index (χ0v) is 16.8. The van der Waals surface area contributed by atoms with Crippen molar-refractivity contribution in [3.63, 3.8) is 0 Å². The van der Waals surface area contributed by atoms with Crippen molar-refractivity contribution in [2.45, 2.75) is 51.4 Å². The minimum absolute atomic E-state index is 0.136. The highest BCUT2D eigenvalue weighted by atomic mass is 16.5. The Hall–Kier alpha value is -2.83. The molecule has 156 valence electrons. The maximum Gasteiger partial charge on any atom is 0.328 e. The number of carbonyl (C=O) groups excluding carboxylic acids is 3. The standard InChI is InChI=1S/C22H28N2O5/c1-28-19-14-16(13-17-20(25)23-22(27)24-21(17)26)10-11-18(19)29-12-6-5-9-15-7-3-2-4-8-15/h10-11,13-15H,2-9,12H2,1H3,(H2,23,24,25,26,27). The summed E-state index contributed by atoms with van der Waals surface area (Å²) in [6, 6.07) is 4.38. The Balaban J connectivity index is 1.54. The van der Waals surface area contributed by atoms with Crippen LogP contribution < -0.4 is 20.1 Å². The average Bonchev–Trinajstić information content (AvgIpc) is 2.71. The van der Waals surface area contributed by atoms with Gasteiger partial charge in [0.25, 0.3) is 11.8 Å². The van der Waals surface area contributed by atoms with Crippen LogP contribution >= 0.6 is 0 Å². The van der Waals surface area contributed by atoms with Crippen LogP contribution in [0.25, 0.3) is 6.08 Å². The predicted molar refractivity (Wildman–Crippen MR) is 109 cm³/mol. The van der Waals surface area contributed by atoms with Gasteiger partial charge in [0.1, 0.15) is 5.57 Å². The number of urea groups is 1. The van der Waals surface area contributed by atoms with E-state index in [1.165, 1.54) is 51.0 Å². The van der Waals surface area contributed by atoms with E-state index in [4.69, 9.17) is 9.47 Å². The molecule has 1 saturated carbocycles. The number of carbonyl (C=O) groups is 3. The fourth-order valence-corrected chi connectivity index (χ4v) is 3.86. The minimum Gasteiger partial charge on any atom is -0.493 e. The van der Waals surface area contributed by atoms with E-state index < -0.39 is 17.8 Å². The molecule has 1 aliphatic heterocycles. The molecule has 1 aliphatic carbocycles. The van der Waals surface area contributed by atoms with Crippen LogP contribution in [0.4, 0.5) is 4.79 Å². The van der Waals surface area contributed by atoms with E-state index in [-0.39, 0.29) is 5.57 Å². The van der Waals surface area contributed by atoms with E-state index in [0.29, 0.717) is 23.7 Å². The van der Waals surface area contributed by atoms with Gasteiger partial charge in [-0.25, -0.2) is 4.79 Å². The third-order valence-corrected chi connectivity index (χ3v) is 5.43. The van der Waals surface area contributed by atoms with E-state index >= 15 is 0 Å². The Labute approximate surface area is 170 Å². The lowest BCUT2D eigenvalue weighted by molar-refractivity contribution is -0.123. The Bertz CT molecular complexity index is 774. The molecule has 7 nitrogen and oxygen atoms in total. The van der Waals surface area contributed by atoms with Gasteiger partial charge in [0.05, 0.1) is 13.7 Å². The molecule has 4 amide bonds. The van der Waals surface area contributed by atoms with Crippen molar-refractivity contribution in [2.75, 3.05) is 13.7 Å². The molecule has 7 heteroatoms. The molecule has 0 aromatic heterocycles. The maximum atomic E-state index is 11.8. The Morgan fingerprint density at radius 2 is 1.72 bits per heavy atom. The molecule has 1 heterocycles. The van der Waals surface area contributed by atoms with E-state index in [1.54, 1.807) is 25.3 Å². The van der Waals surface area contributed by atoms with Crippen LogP contribution in [0.1, 0.15) is 56.9 Å². The van der Waals surface area contributed by atoms with Crippen LogP contribution in [0.2, 0.25) is 0 Å². The Kier molecular flexibility index (Phi) is 7.27. The summed E-state index contributed by atoms with van der Waals surface area (Å²) in [5, 5.41) is 4.10. The number of unbranched alkanes of at least 4 members (excludes halogenated alkanes) is 1. The second kappa shape index (κ2) is 10.1. The maximum absolute atomic E-state index is 11.8. The first-order chi connectivity index (χ1) is 14.1. The summed E-state index contributed by atoms with van der Waals surface area (Å²) in [7, 11) is 1.54. The van der Waals surface area contributed by atoms with Crippen LogP contribution in [0.3, 0.4) is 0 Å². The van der Waals surface area contributed by atoms with E-state index in [2.05, 4.69) is 0 Å². The lowest BCUT2D eigenvalue weighted by Crippen LogP contribution is -2.51. The molecule has 3 rings (SSSR count). The summed E-state index contributed by atoms with van der Waals surface area (Å²) >= 11 is 0.